The van der Waals surface area contributed by atoms with E-state index in [-0.39, 0.29) is 18.3 Å². The van der Waals surface area contributed by atoms with E-state index in [4.69, 9.17) is 4.74 Å². The molecular weight excluding hydrogens is 344 g/mol. The number of methoxy groups -OCH3 is 1. The fraction of sp³-hybridized carbons (Fsp3) is 0.389. The molecule has 0 bridgehead atoms. The minimum absolute atomic E-state index is 0. The van der Waals surface area contributed by atoms with E-state index in [1.807, 2.05) is 40.6 Å². The van der Waals surface area contributed by atoms with Crippen LogP contribution in [0.2, 0.25) is 0 Å². The topological polar surface area (TPSA) is 41.6 Å². The van der Waals surface area contributed by atoms with Gasteiger partial charge in [-0.2, -0.15) is 0 Å². The summed E-state index contributed by atoms with van der Waals surface area (Å²) in [6, 6.07) is 11.7. The number of hydrogen-bond donors (Lipinski definition) is 1. The maximum atomic E-state index is 12.7. The molecule has 1 aromatic carbocycles. The fourth-order valence-electron chi connectivity index (χ4n) is 2.44. The molecule has 24 heavy (non-hydrogen) atoms. The minimum atomic E-state index is 0. The normalized spacial score (nSPS) is 13.2. The molecule has 1 amide bonds. The Kier molecular flexibility index (Phi) is 7.09. The second-order valence-corrected chi connectivity index (χ2v) is 6.86. The zero-order valence-electron chi connectivity index (χ0n) is 13.7. The molecule has 6 heteroatoms. The molecule has 0 aliphatic heterocycles. The lowest BCUT2D eigenvalue weighted by Gasteiger charge is -2.23. The lowest BCUT2D eigenvalue weighted by Crippen LogP contribution is -2.38. The van der Waals surface area contributed by atoms with E-state index < -0.39 is 0 Å². The van der Waals surface area contributed by atoms with Gasteiger partial charge in [0.1, 0.15) is 5.75 Å². The summed E-state index contributed by atoms with van der Waals surface area (Å²) in [5.74, 6) is 1.67. The molecule has 1 fully saturated rings. The highest BCUT2D eigenvalue weighted by atomic mass is 35.5. The van der Waals surface area contributed by atoms with E-state index in [0.717, 1.165) is 23.9 Å². The van der Waals surface area contributed by atoms with Crippen molar-refractivity contribution in [3.05, 3.63) is 46.7 Å². The van der Waals surface area contributed by atoms with Crippen molar-refractivity contribution in [2.75, 3.05) is 25.1 Å². The Balaban J connectivity index is 0.00000208. The number of thiophene rings is 1. The van der Waals surface area contributed by atoms with Crippen LogP contribution in [-0.2, 0) is 11.3 Å². The van der Waals surface area contributed by atoms with Crippen molar-refractivity contribution < 1.29 is 9.53 Å². The Morgan fingerprint density at radius 3 is 2.62 bits per heavy atom. The number of benzene rings is 1. The maximum absolute atomic E-state index is 12.7. The van der Waals surface area contributed by atoms with Gasteiger partial charge in [-0.25, -0.2) is 0 Å². The highest BCUT2D eigenvalue weighted by molar-refractivity contribution is 7.09. The molecule has 0 radical (unpaired) electrons. The molecule has 130 valence electrons. The molecule has 0 atom stereocenters. The third-order valence-electron chi connectivity index (χ3n) is 3.99. The SMILES string of the molecule is COc1ccc(N(Cc2cccs2)C(=O)CNCC2CC2)cc1.Cl. The lowest BCUT2D eigenvalue weighted by molar-refractivity contribution is -0.117. The average molecular weight is 367 g/mol. The number of hydrogen-bond acceptors (Lipinski definition) is 4. The second-order valence-electron chi connectivity index (χ2n) is 5.83. The average Bonchev–Trinajstić information content (AvgIpc) is 3.26. The van der Waals surface area contributed by atoms with E-state index in [9.17, 15) is 4.79 Å². The molecular formula is C18H23ClN2O2S. The number of amides is 1. The number of carbonyl (C=O) groups excluding carboxylic acids is 1. The first kappa shape index (κ1) is 18.8. The molecule has 1 aliphatic carbocycles. The van der Waals surface area contributed by atoms with Crippen LogP contribution in [0.15, 0.2) is 41.8 Å². The summed E-state index contributed by atoms with van der Waals surface area (Å²) in [5, 5.41) is 5.33. The van der Waals surface area contributed by atoms with Crippen LogP contribution in [-0.4, -0.2) is 26.1 Å². The minimum Gasteiger partial charge on any atom is -0.497 e. The van der Waals surface area contributed by atoms with Gasteiger partial charge in [-0.1, -0.05) is 6.07 Å². The van der Waals surface area contributed by atoms with E-state index in [2.05, 4.69) is 11.4 Å². The molecule has 0 spiro atoms. The van der Waals surface area contributed by atoms with Crippen molar-refractivity contribution in [3.8, 4) is 5.75 Å². The van der Waals surface area contributed by atoms with E-state index >= 15 is 0 Å². The van der Waals surface area contributed by atoms with Gasteiger partial charge in [-0.05, 0) is 61.0 Å². The molecule has 1 N–H and O–H groups in total. The quantitative estimate of drug-likeness (QED) is 0.774. The molecule has 0 unspecified atom stereocenters. The van der Waals surface area contributed by atoms with Crippen LogP contribution in [0.3, 0.4) is 0 Å². The van der Waals surface area contributed by atoms with Crippen LogP contribution in [0.5, 0.6) is 5.75 Å². The van der Waals surface area contributed by atoms with Crippen LogP contribution in [0.4, 0.5) is 5.69 Å². The number of ether oxygens (including phenoxy) is 1. The number of rotatable bonds is 8. The third kappa shape index (κ3) is 5.23. The van der Waals surface area contributed by atoms with Crippen molar-refractivity contribution in [1.82, 2.24) is 5.32 Å². The molecule has 0 saturated heterocycles. The highest BCUT2D eigenvalue weighted by Crippen LogP contribution is 2.27. The van der Waals surface area contributed by atoms with E-state index in [1.54, 1.807) is 18.4 Å². The van der Waals surface area contributed by atoms with Gasteiger partial charge in [0.15, 0.2) is 0 Å². The van der Waals surface area contributed by atoms with Gasteiger partial charge in [-0.15, -0.1) is 23.7 Å². The third-order valence-corrected chi connectivity index (χ3v) is 4.85. The summed E-state index contributed by atoms with van der Waals surface area (Å²) in [6.07, 6.45) is 2.58. The Labute approximate surface area is 153 Å². The number of halogens is 1. The lowest BCUT2D eigenvalue weighted by atomic mass is 10.2. The monoisotopic (exact) mass is 366 g/mol. The van der Waals surface area contributed by atoms with Crippen molar-refractivity contribution >= 4 is 35.3 Å². The van der Waals surface area contributed by atoms with Gasteiger partial charge in [0.05, 0.1) is 20.2 Å². The fourth-order valence-corrected chi connectivity index (χ4v) is 3.14. The number of carbonyl (C=O) groups is 1. The standard InChI is InChI=1S/C18H22N2O2S.ClH/c1-22-16-8-6-15(7-9-16)20(13-17-3-2-10-23-17)18(21)12-19-11-14-4-5-14;/h2-3,6-10,14,19H,4-5,11-13H2,1H3;1H. The summed E-state index contributed by atoms with van der Waals surface area (Å²) in [6.45, 7) is 1.93. The summed E-state index contributed by atoms with van der Waals surface area (Å²) in [5.41, 5.74) is 0.900. The predicted octanol–water partition coefficient (Wildman–Crippen LogP) is 3.71. The zero-order valence-corrected chi connectivity index (χ0v) is 15.4. The Bertz CT molecular complexity index is 627. The Morgan fingerprint density at radius 1 is 1.29 bits per heavy atom. The molecule has 2 aromatic rings. The summed E-state index contributed by atoms with van der Waals surface area (Å²) < 4.78 is 5.20. The van der Waals surface area contributed by atoms with Crippen LogP contribution < -0.4 is 15.0 Å². The Morgan fingerprint density at radius 2 is 2.04 bits per heavy atom. The van der Waals surface area contributed by atoms with Crippen molar-refractivity contribution in [2.45, 2.75) is 19.4 Å². The molecule has 4 nitrogen and oxygen atoms in total. The first-order valence-corrected chi connectivity index (χ1v) is 8.82. The number of nitrogens with one attached hydrogen (secondary N) is 1. The summed E-state index contributed by atoms with van der Waals surface area (Å²) in [7, 11) is 1.64. The first-order chi connectivity index (χ1) is 11.3. The van der Waals surface area contributed by atoms with Crippen LogP contribution in [0, 0.1) is 5.92 Å². The van der Waals surface area contributed by atoms with Crippen LogP contribution in [0.25, 0.3) is 0 Å². The van der Waals surface area contributed by atoms with E-state index in [1.165, 1.54) is 17.7 Å². The second kappa shape index (κ2) is 9.06. The molecule has 1 aliphatic rings. The highest BCUT2D eigenvalue weighted by Gasteiger charge is 2.22. The van der Waals surface area contributed by atoms with Gasteiger partial charge in [-0.3, -0.25) is 4.79 Å². The van der Waals surface area contributed by atoms with Gasteiger partial charge in [0.25, 0.3) is 0 Å². The van der Waals surface area contributed by atoms with Gasteiger partial charge in [0, 0.05) is 10.6 Å². The molecule has 1 saturated carbocycles. The molecule has 3 rings (SSSR count). The van der Waals surface area contributed by atoms with Gasteiger partial charge < -0.3 is 15.0 Å². The van der Waals surface area contributed by atoms with Crippen LogP contribution >= 0.6 is 23.7 Å². The van der Waals surface area contributed by atoms with Gasteiger partial charge in [0.2, 0.25) is 5.91 Å². The Hall–Kier alpha value is -1.56. The van der Waals surface area contributed by atoms with Crippen LogP contribution in [0.1, 0.15) is 17.7 Å². The zero-order chi connectivity index (χ0) is 16.1. The van der Waals surface area contributed by atoms with Gasteiger partial charge >= 0.3 is 0 Å². The van der Waals surface area contributed by atoms with Crippen molar-refractivity contribution in [3.63, 3.8) is 0 Å². The molecule has 1 heterocycles. The smallest absolute Gasteiger partial charge is 0.241 e. The van der Waals surface area contributed by atoms with E-state index in [0.29, 0.717) is 13.1 Å². The summed E-state index contributed by atoms with van der Waals surface area (Å²) >= 11 is 1.67. The first-order valence-electron chi connectivity index (χ1n) is 7.94. The predicted molar refractivity (Wildman–Crippen MR) is 101 cm³/mol. The number of anilines is 1. The largest absolute Gasteiger partial charge is 0.497 e. The maximum Gasteiger partial charge on any atom is 0.241 e. The van der Waals surface area contributed by atoms with Crippen molar-refractivity contribution in [1.29, 1.82) is 0 Å². The van der Waals surface area contributed by atoms with Crippen molar-refractivity contribution in [2.24, 2.45) is 5.92 Å². The summed E-state index contributed by atoms with van der Waals surface area (Å²) in [4.78, 5) is 15.7. The number of nitrogens with zero attached hydrogens (tertiary/aromatic N) is 1. The molecule has 1 aromatic heterocycles.